The first-order valence-electron chi connectivity index (χ1n) is 3.65. The summed E-state index contributed by atoms with van der Waals surface area (Å²) in [5.41, 5.74) is 0. The van der Waals surface area contributed by atoms with Gasteiger partial charge < -0.3 is 0 Å². The van der Waals surface area contributed by atoms with E-state index in [4.69, 9.17) is 0 Å². The van der Waals surface area contributed by atoms with E-state index in [9.17, 15) is 4.91 Å². The Morgan fingerprint density at radius 2 is 2.00 bits per heavy atom. The molecular formula is C7H12INO. The SMILES string of the molecule is CC1(I)CCC(N=O)CC1. The highest BCUT2D eigenvalue weighted by atomic mass is 127. The van der Waals surface area contributed by atoms with Gasteiger partial charge >= 0.3 is 0 Å². The molecule has 0 N–H and O–H groups in total. The van der Waals surface area contributed by atoms with Gasteiger partial charge in [-0.15, -0.1) is 0 Å². The minimum absolute atomic E-state index is 0.114. The van der Waals surface area contributed by atoms with Crippen LogP contribution < -0.4 is 0 Å². The van der Waals surface area contributed by atoms with Crippen LogP contribution in [-0.4, -0.2) is 9.46 Å². The van der Waals surface area contributed by atoms with Crippen LogP contribution in [0.25, 0.3) is 0 Å². The number of rotatable bonds is 1. The molecule has 1 rings (SSSR count). The van der Waals surface area contributed by atoms with Gasteiger partial charge in [-0.1, -0.05) is 34.7 Å². The Hall–Kier alpha value is 0.330. The van der Waals surface area contributed by atoms with E-state index in [2.05, 4.69) is 34.7 Å². The second kappa shape index (κ2) is 3.15. The van der Waals surface area contributed by atoms with Crippen LogP contribution >= 0.6 is 22.6 Å². The fraction of sp³-hybridized carbons (Fsp3) is 1.00. The lowest BCUT2D eigenvalue weighted by Gasteiger charge is -2.29. The highest BCUT2D eigenvalue weighted by Crippen LogP contribution is 2.36. The van der Waals surface area contributed by atoms with Gasteiger partial charge in [-0.2, -0.15) is 4.91 Å². The summed E-state index contributed by atoms with van der Waals surface area (Å²) < 4.78 is 0.430. The largest absolute Gasteiger partial charge is 0.151 e. The van der Waals surface area contributed by atoms with Crippen LogP contribution in [0.15, 0.2) is 5.18 Å². The number of nitroso groups, excluding NO2 is 1. The minimum atomic E-state index is 0.114. The summed E-state index contributed by atoms with van der Waals surface area (Å²) in [6.45, 7) is 2.24. The van der Waals surface area contributed by atoms with Crippen LogP contribution in [0.3, 0.4) is 0 Å². The van der Waals surface area contributed by atoms with Gasteiger partial charge in [0.15, 0.2) is 0 Å². The maximum absolute atomic E-state index is 10.1. The second-order valence-corrected chi connectivity index (χ2v) is 5.85. The molecule has 0 spiro atoms. The Bertz CT molecular complexity index is 126. The number of nitrogens with zero attached hydrogens (tertiary/aromatic N) is 1. The zero-order chi connectivity index (χ0) is 7.61. The Labute approximate surface area is 74.9 Å². The molecule has 0 aromatic heterocycles. The lowest BCUT2D eigenvalue weighted by Crippen LogP contribution is -2.25. The van der Waals surface area contributed by atoms with Crippen molar-refractivity contribution in [3.8, 4) is 0 Å². The van der Waals surface area contributed by atoms with E-state index in [0.29, 0.717) is 3.42 Å². The van der Waals surface area contributed by atoms with E-state index < -0.39 is 0 Å². The van der Waals surface area contributed by atoms with Crippen molar-refractivity contribution < 1.29 is 0 Å². The summed E-state index contributed by atoms with van der Waals surface area (Å²) in [6.07, 6.45) is 4.26. The van der Waals surface area contributed by atoms with E-state index in [0.717, 1.165) is 25.7 Å². The number of alkyl halides is 1. The zero-order valence-electron chi connectivity index (χ0n) is 6.14. The molecule has 0 aliphatic heterocycles. The molecule has 0 unspecified atom stereocenters. The smallest absolute Gasteiger partial charge is 0.0920 e. The van der Waals surface area contributed by atoms with Gasteiger partial charge in [0.2, 0.25) is 0 Å². The Balaban J connectivity index is 2.38. The van der Waals surface area contributed by atoms with Crippen molar-refractivity contribution in [2.75, 3.05) is 0 Å². The quantitative estimate of drug-likeness (QED) is 0.401. The molecule has 58 valence electrons. The van der Waals surface area contributed by atoms with E-state index >= 15 is 0 Å². The van der Waals surface area contributed by atoms with Gasteiger partial charge in [0, 0.05) is 3.42 Å². The molecule has 1 aliphatic rings. The normalized spacial score (nSPS) is 41.2. The summed E-state index contributed by atoms with van der Waals surface area (Å²) >= 11 is 2.47. The third-order valence-electron chi connectivity index (χ3n) is 2.15. The molecule has 0 bridgehead atoms. The summed E-state index contributed by atoms with van der Waals surface area (Å²) in [6, 6.07) is 0.114. The topological polar surface area (TPSA) is 29.4 Å². The lowest BCUT2D eigenvalue weighted by molar-refractivity contribution is 0.392. The zero-order valence-corrected chi connectivity index (χ0v) is 8.30. The standard InChI is InChI=1S/C7H12INO/c1-7(8)4-2-6(9-10)3-5-7/h6H,2-5H2,1H3. The fourth-order valence-electron chi connectivity index (χ4n) is 1.31. The Morgan fingerprint density at radius 3 is 2.40 bits per heavy atom. The molecule has 0 atom stereocenters. The molecule has 1 fully saturated rings. The van der Waals surface area contributed by atoms with E-state index in [1.54, 1.807) is 0 Å². The Kier molecular flexibility index (Phi) is 2.66. The maximum Gasteiger partial charge on any atom is 0.0920 e. The highest BCUT2D eigenvalue weighted by molar-refractivity contribution is 14.1. The summed E-state index contributed by atoms with van der Waals surface area (Å²) in [7, 11) is 0. The predicted molar refractivity (Wildman–Crippen MR) is 50.5 cm³/mol. The van der Waals surface area contributed by atoms with Crippen molar-refractivity contribution in [1.82, 2.24) is 0 Å². The monoisotopic (exact) mass is 253 g/mol. The van der Waals surface area contributed by atoms with E-state index in [1.807, 2.05) is 0 Å². The third kappa shape index (κ3) is 2.18. The van der Waals surface area contributed by atoms with Crippen LogP contribution in [0, 0.1) is 4.91 Å². The van der Waals surface area contributed by atoms with Crippen molar-refractivity contribution in [3.63, 3.8) is 0 Å². The average Bonchev–Trinajstić information content (AvgIpc) is 1.88. The van der Waals surface area contributed by atoms with Crippen LogP contribution in [-0.2, 0) is 0 Å². The van der Waals surface area contributed by atoms with Crippen LogP contribution in [0.2, 0.25) is 0 Å². The van der Waals surface area contributed by atoms with Crippen molar-refractivity contribution >= 4 is 22.6 Å². The van der Waals surface area contributed by atoms with Crippen molar-refractivity contribution in [2.24, 2.45) is 5.18 Å². The molecule has 0 amide bonds. The number of hydrogen-bond acceptors (Lipinski definition) is 2. The first-order chi connectivity index (χ1) is 4.64. The molecule has 3 heteroatoms. The number of halogens is 1. The van der Waals surface area contributed by atoms with Crippen LogP contribution in [0.1, 0.15) is 32.6 Å². The molecule has 1 aliphatic carbocycles. The van der Waals surface area contributed by atoms with Gasteiger partial charge in [-0.05, 0) is 25.7 Å². The maximum atomic E-state index is 10.1. The lowest BCUT2D eigenvalue weighted by atomic mass is 9.88. The molecule has 0 saturated heterocycles. The average molecular weight is 253 g/mol. The fourth-order valence-corrected chi connectivity index (χ4v) is 1.93. The first-order valence-corrected chi connectivity index (χ1v) is 4.73. The van der Waals surface area contributed by atoms with Gasteiger partial charge in [0.05, 0.1) is 6.04 Å². The van der Waals surface area contributed by atoms with Gasteiger partial charge in [-0.25, -0.2) is 0 Å². The summed E-state index contributed by atoms with van der Waals surface area (Å²) in [5.74, 6) is 0. The summed E-state index contributed by atoms with van der Waals surface area (Å²) in [5, 5.41) is 3.06. The van der Waals surface area contributed by atoms with Gasteiger partial charge in [0.1, 0.15) is 0 Å². The molecule has 2 nitrogen and oxygen atoms in total. The summed E-state index contributed by atoms with van der Waals surface area (Å²) in [4.78, 5) is 10.1. The number of hydrogen-bond donors (Lipinski definition) is 0. The first kappa shape index (κ1) is 8.43. The second-order valence-electron chi connectivity index (χ2n) is 3.25. The van der Waals surface area contributed by atoms with E-state index in [-0.39, 0.29) is 6.04 Å². The van der Waals surface area contributed by atoms with E-state index in [1.165, 1.54) is 0 Å². The molecule has 0 aromatic carbocycles. The van der Waals surface area contributed by atoms with Crippen molar-refractivity contribution in [1.29, 1.82) is 0 Å². The van der Waals surface area contributed by atoms with Gasteiger partial charge in [-0.3, -0.25) is 0 Å². The third-order valence-corrected chi connectivity index (χ3v) is 3.23. The highest BCUT2D eigenvalue weighted by Gasteiger charge is 2.28. The molecule has 0 aromatic rings. The van der Waals surface area contributed by atoms with Crippen LogP contribution in [0.5, 0.6) is 0 Å². The molecule has 1 saturated carbocycles. The minimum Gasteiger partial charge on any atom is -0.151 e. The molecular weight excluding hydrogens is 241 g/mol. The predicted octanol–water partition coefficient (Wildman–Crippen LogP) is 2.89. The molecule has 0 radical (unpaired) electrons. The van der Waals surface area contributed by atoms with Gasteiger partial charge in [0.25, 0.3) is 0 Å². The molecule has 10 heavy (non-hydrogen) atoms. The van der Waals surface area contributed by atoms with Crippen molar-refractivity contribution in [3.05, 3.63) is 4.91 Å². The Morgan fingerprint density at radius 1 is 1.50 bits per heavy atom. The van der Waals surface area contributed by atoms with Crippen LogP contribution in [0.4, 0.5) is 0 Å². The van der Waals surface area contributed by atoms with Crippen molar-refractivity contribution in [2.45, 2.75) is 42.1 Å². The molecule has 0 heterocycles.